The largest absolute Gasteiger partial charge is 0.498 e. The lowest BCUT2D eigenvalue weighted by Gasteiger charge is -2.20. The predicted molar refractivity (Wildman–Crippen MR) is 114 cm³/mol. The summed E-state index contributed by atoms with van der Waals surface area (Å²) in [7, 11) is -3.34. The molecule has 0 N–H and O–H groups in total. The van der Waals surface area contributed by atoms with Crippen molar-refractivity contribution in [2.45, 2.75) is 24.3 Å². The third-order valence-corrected chi connectivity index (χ3v) is 6.58. The van der Waals surface area contributed by atoms with Crippen molar-refractivity contribution in [1.29, 1.82) is 0 Å². The zero-order valence-corrected chi connectivity index (χ0v) is 19.8. The first-order valence-corrected chi connectivity index (χ1v) is 11.6. The Morgan fingerprint density at radius 3 is 2.57 bits per heavy atom. The topological polar surface area (TPSA) is 114 Å². The number of ether oxygens (including phenoxy) is 2. The molecule has 3 rings (SSSR count). The summed E-state index contributed by atoms with van der Waals surface area (Å²) in [6, 6.07) is 5.15. The van der Waals surface area contributed by atoms with Crippen molar-refractivity contribution in [2.75, 3.05) is 13.7 Å². The number of benzene rings is 1. The molecule has 1 aromatic carbocycles. The van der Waals surface area contributed by atoms with Crippen LogP contribution in [0.15, 0.2) is 44.7 Å². The molecule has 160 valence electrons. The number of aromatic nitrogens is 2. The predicted octanol–water partition coefficient (Wildman–Crippen LogP) is 3.23. The Morgan fingerprint density at radius 1 is 1.30 bits per heavy atom. The van der Waals surface area contributed by atoms with Crippen LogP contribution in [0.25, 0.3) is 4.48 Å². The highest BCUT2D eigenvalue weighted by Crippen LogP contribution is 2.29. The molecule has 0 radical (unpaired) electrons. The molecule has 9 nitrogen and oxygen atoms in total. The van der Waals surface area contributed by atoms with Crippen LogP contribution in [-0.4, -0.2) is 37.7 Å². The maximum atomic E-state index is 13.3. The van der Waals surface area contributed by atoms with E-state index in [4.69, 9.17) is 8.92 Å². The van der Waals surface area contributed by atoms with Crippen molar-refractivity contribution >= 4 is 52.4 Å². The van der Waals surface area contributed by atoms with Gasteiger partial charge in [-0.15, -0.1) is 0 Å². The normalized spacial score (nSPS) is 16.0. The van der Waals surface area contributed by atoms with Gasteiger partial charge in [0.05, 0.1) is 17.6 Å². The van der Waals surface area contributed by atoms with Crippen molar-refractivity contribution < 1.29 is 26.9 Å². The van der Waals surface area contributed by atoms with Crippen LogP contribution in [0.3, 0.4) is 0 Å². The van der Waals surface area contributed by atoms with E-state index in [1.807, 2.05) is 6.92 Å². The number of nitrogens with zero attached hydrogens (tertiary/aromatic N) is 2. The van der Waals surface area contributed by atoms with Gasteiger partial charge in [0.1, 0.15) is 17.8 Å². The highest BCUT2D eigenvalue weighted by atomic mass is 79.9. The summed E-state index contributed by atoms with van der Waals surface area (Å²) in [5, 5.41) is 0. The van der Waals surface area contributed by atoms with Gasteiger partial charge in [-0.25, -0.2) is 9.78 Å². The summed E-state index contributed by atoms with van der Waals surface area (Å²) in [4.78, 5) is 29.6. The van der Waals surface area contributed by atoms with Gasteiger partial charge >= 0.3 is 16.1 Å². The molecule has 0 aliphatic carbocycles. The van der Waals surface area contributed by atoms with Gasteiger partial charge in [0.2, 0.25) is 5.75 Å². The first kappa shape index (κ1) is 22.5. The number of esters is 1. The van der Waals surface area contributed by atoms with Crippen molar-refractivity contribution in [3.05, 3.63) is 56.9 Å². The van der Waals surface area contributed by atoms with Gasteiger partial charge in [-0.1, -0.05) is 22.9 Å². The maximum absolute atomic E-state index is 13.3. The maximum Gasteiger partial charge on any atom is 0.360 e. The first-order valence-electron chi connectivity index (χ1n) is 8.62. The first-order chi connectivity index (χ1) is 14.2. The van der Waals surface area contributed by atoms with Gasteiger partial charge < -0.3 is 13.7 Å². The van der Waals surface area contributed by atoms with Crippen molar-refractivity contribution in [1.82, 2.24) is 9.55 Å². The van der Waals surface area contributed by atoms with E-state index in [0.29, 0.717) is 15.4 Å². The summed E-state index contributed by atoms with van der Waals surface area (Å²) >= 11 is 6.48. The Labute approximate surface area is 189 Å². The number of halogens is 2. The third kappa shape index (κ3) is 4.30. The minimum Gasteiger partial charge on any atom is -0.498 e. The number of hydrogen-bond acceptors (Lipinski definition) is 8. The average molecular weight is 564 g/mol. The fourth-order valence-corrected chi connectivity index (χ4v) is 4.37. The van der Waals surface area contributed by atoms with Gasteiger partial charge in [0.25, 0.3) is 5.56 Å². The Kier molecular flexibility index (Phi) is 6.68. The number of fused-ring (bicyclic) bond motifs is 1. The molecule has 0 amide bonds. The molecule has 1 aliphatic heterocycles. The molecule has 1 aromatic heterocycles. The number of rotatable bonds is 5. The summed E-state index contributed by atoms with van der Waals surface area (Å²) in [6.07, 6.45) is 1.84. The molecular formula is C18H16Br2N2O7S. The molecule has 1 atom stereocenters. The van der Waals surface area contributed by atoms with Crippen molar-refractivity contribution in [2.24, 2.45) is 0 Å². The molecular weight excluding hydrogens is 548 g/mol. The van der Waals surface area contributed by atoms with Gasteiger partial charge in [-0.3, -0.25) is 9.36 Å². The van der Waals surface area contributed by atoms with E-state index in [0.717, 1.165) is 7.11 Å². The second-order valence-corrected chi connectivity index (χ2v) is 9.45. The molecule has 1 aliphatic rings. The molecule has 2 heterocycles. The van der Waals surface area contributed by atoms with Crippen molar-refractivity contribution in [3.8, 4) is 5.75 Å². The van der Waals surface area contributed by atoms with Gasteiger partial charge in [0.15, 0.2) is 11.5 Å². The van der Waals surface area contributed by atoms with E-state index >= 15 is 0 Å². The Hall–Kier alpha value is -2.18. The lowest BCUT2D eigenvalue weighted by atomic mass is 10.2. The van der Waals surface area contributed by atoms with Crippen LogP contribution in [0.2, 0.25) is 0 Å². The molecule has 0 spiro atoms. The van der Waals surface area contributed by atoms with Gasteiger partial charge in [-0.05, 0) is 46.6 Å². The SMILES string of the molecule is CC[C@H]1COC=C(Br)c2nc(C(=O)OC)c(OS(=O)(=O)c3ccc(Br)cc3)c(=O)n21. The van der Waals surface area contributed by atoms with E-state index in [2.05, 4.69) is 41.6 Å². The number of carbonyl (C=O) groups is 1. The van der Waals surface area contributed by atoms with Crippen molar-refractivity contribution in [3.63, 3.8) is 0 Å². The Morgan fingerprint density at radius 2 is 1.97 bits per heavy atom. The van der Waals surface area contributed by atoms with Crippen LogP contribution >= 0.6 is 31.9 Å². The second kappa shape index (κ2) is 8.90. The number of carbonyl (C=O) groups excluding carboxylic acids is 1. The zero-order chi connectivity index (χ0) is 22.1. The fraction of sp³-hybridized carbons (Fsp3) is 0.278. The van der Waals surface area contributed by atoms with Crippen LogP contribution < -0.4 is 9.74 Å². The molecule has 30 heavy (non-hydrogen) atoms. The lowest BCUT2D eigenvalue weighted by Crippen LogP contribution is -2.33. The fourth-order valence-electron chi connectivity index (χ4n) is 2.75. The van der Waals surface area contributed by atoms with Crippen LogP contribution in [0.4, 0.5) is 0 Å². The Bertz CT molecular complexity index is 1170. The van der Waals surface area contributed by atoms with E-state index in [9.17, 15) is 18.0 Å². The highest BCUT2D eigenvalue weighted by Gasteiger charge is 2.32. The van der Waals surface area contributed by atoms with Crippen LogP contribution in [-0.2, 0) is 19.6 Å². The third-order valence-electron chi connectivity index (χ3n) is 4.27. The van der Waals surface area contributed by atoms with E-state index in [1.54, 1.807) is 0 Å². The zero-order valence-electron chi connectivity index (χ0n) is 15.8. The standard InChI is InChI=1S/C18H16Br2N2O7S/c1-3-11-8-28-9-13(20)16-21-14(18(24)27-2)15(17(23)22(11)16)29-30(25,26)12-6-4-10(19)5-7-12/h4-7,9,11H,3,8H2,1-2H3/t11-/m0/s1. The Balaban J connectivity index is 2.24. The molecule has 0 unspecified atom stereocenters. The molecule has 0 saturated heterocycles. The van der Waals surface area contributed by atoms with Gasteiger partial charge in [0, 0.05) is 4.47 Å². The van der Waals surface area contributed by atoms with Crippen LogP contribution in [0.5, 0.6) is 5.75 Å². The second-order valence-electron chi connectivity index (χ2n) is 6.13. The van der Waals surface area contributed by atoms with E-state index < -0.39 is 39.1 Å². The smallest absolute Gasteiger partial charge is 0.360 e. The van der Waals surface area contributed by atoms with E-state index in [1.165, 1.54) is 35.1 Å². The minimum absolute atomic E-state index is 0.0955. The quantitative estimate of drug-likeness (QED) is 0.402. The molecule has 0 saturated carbocycles. The van der Waals surface area contributed by atoms with Crippen LogP contribution in [0.1, 0.15) is 35.7 Å². The van der Waals surface area contributed by atoms with Crippen LogP contribution in [0, 0.1) is 0 Å². The summed E-state index contributed by atoms with van der Waals surface area (Å²) in [5.41, 5.74) is -1.40. The lowest BCUT2D eigenvalue weighted by molar-refractivity contribution is 0.0590. The summed E-state index contributed by atoms with van der Waals surface area (Å²) < 4.78 is 43.0. The molecule has 0 fully saturated rings. The molecule has 12 heteroatoms. The highest BCUT2D eigenvalue weighted by molar-refractivity contribution is 9.15. The monoisotopic (exact) mass is 562 g/mol. The average Bonchev–Trinajstić information content (AvgIpc) is 2.88. The van der Waals surface area contributed by atoms with E-state index in [-0.39, 0.29) is 17.3 Å². The molecule has 2 aromatic rings. The summed E-state index contributed by atoms with van der Waals surface area (Å²) in [6.45, 7) is 1.98. The number of hydrogen-bond donors (Lipinski definition) is 0. The van der Waals surface area contributed by atoms with Gasteiger partial charge in [-0.2, -0.15) is 8.42 Å². The minimum atomic E-state index is -4.43. The molecule has 0 bridgehead atoms. The summed E-state index contributed by atoms with van der Waals surface area (Å²) in [5.74, 6) is -1.66. The number of methoxy groups -OCH3 is 1.